The van der Waals surface area contributed by atoms with E-state index in [0.29, 0.717) is 0 Å². The van der Waals surface area contributed by atoms with Crippen molar-refractivity contribution in [2.75, 3.05) is 0 Å². The van der Waals surface area contributed by atoms with E-state index in [1.54, 1.807) is 6.21 Å². The summed E-state index contributed by atoms with van der Waals surface area (Å²) in [5, 5.41) is 15.4. The summed E-state index contributed by atoms with van der Waals surface area (Å²) in [7, 11) is 0. The third kappa shape index (κ3) is 2.08. The monoisotopic (exact) mass is 358 g/mol. The number of hydrazone groups is 1. The van der Waals surface area contributed by atoms with Gasteiger partial charge in [-0.3, -0.25) is 9.59 Å². The highest BCUT2D eigenvalue weighted by Gasteiger charge is 2.59. The summed E-state index contributed by atoms with van der Waals surface area (Å²) in [6.07, 6.45) is 6.65. The number of benzene rings is 1. The van der Waals surface area contributed by atoms with Gasteiger partial charge in [-0.15, -0.1) is 0 Å². The number of nitrogens with zero attached hydrogens (tertiary/aromatic N) is 4. The van der Waals surface area contributed by atoms with Crippen LogP contribution in [0.2, 0.25) is 0 Å². The maximum atomic E-state index is 12.8. The van der Waals surface area contributed by atoms with Gasteiger partial charge in [-0.1, -0.05) is 30.4 Å². The van der Waals surface area contributed by atoms with Gasteiger partial charge in [-0.05, 0) is 31.2 Å². The summed E-state index contributed by atoms with van der Waals surface area (Å²) in [5.74, 6) is -0.503. The first-order chi connectivity index (χ1) is 13.1. The number of imide groups is 1. The Hall–Kier alpha value is -3.20. The van der Waals surface area contributed by atoms with Gasteiger partial charge in [0.05, 0.1) is 24.1 Å². The van der Waals surface area contributed by atoms with Crippen molar-refractivity contribution < 1.29 is 9.59 Å². The Kier molecular flexibility index (Phi) is 3.35. The van der Waals surface area contributed by atoms with Gasteiger partial charge in [-0.2, -0.15) is 15.4 Å². The largest absolute Gasteiger partial charge is 0.330 e. The molecule has 1 saturated carbocycles. The fraction of sp³-hybridized carbons (Fsp3) is 0.333. The topological polar surface area (TPSA) is 78.5 Å². The number of allylic oxidation sites excluding steroid dienone is 2. The van der Waals surface area contributed by atoms with Crippen molar-refractivity contribution in [3.8, 4) is 6.07 Å². The molecule has 2 heterocycles. The number of carbonyl (C=O) groups is 2. The number of hydrogen-bond acceptors (Lipinski definition) is 4. The molecule has 5 rings (SSSR count). The van der Waals surface area contributed by atoms with Crippen LogP contribution in [-0.2, 0) is 16.1 Å². The van der Waals surface area contributed by atoms with Crippen molar-refractivity contribution in [3.63, 3.8) is 0 Å². The quantitative estimate of drug-likeness (QED) is 0.481. The lowest BCUT2D eigenvalue weighted by molar-refractivity contribution is -0.140. The zero-order valence-electron chi connectivity index (χ0n) is 14.9. The fourth-order valence-electron chi connectivity index (χ4n) is 5.01. The van der Waals surface area contributed by atoms with E-state index in [9.17, 15) is 9.59 Å². The molecule has 1 aromatic heterocycles. The molecule has 3 aliphatic rings. The van der Waals surface area contributed by atoms with Crippen molar-refractivity contribution in [3.05, 3.63) is 47.7 Å². The van der Waals surface area contributed by atoms with Crippen LogP contribution < -0.4 is 0 Å². The van der Waals surface area contributed by atoms with Crippen LogP contribution in [-0.4, -0.2) is 27.6 Å². The van der Waals surface area contributed by atoms with Gasteiger partial charge >= 0.3 is 0 Å². The molecule has 2 fully saturated rings. The second kappa shape index (κ2) is 5.65. The SMILES string of the molecule is Cc1c(C=NN2C(=O)[C@@H]3[C@H](C2=O)[C@H]2C=C[C@H]3C2)c2ccccc2n1CC#N. The molecule has 0 radical (unpaired) electrons. The third-order valence-electron chi connectivity index (χ3n) is 6.26. The van der Waals surface area contributed by atoms with Gasteiger partial charge in [0.25, 0.3) is 11.8 Å². The summed E-state index contributed by atoms with van der Waals surface area (Å²) in [4.78, 5) is 25.5. The van der Waals surface area contributed by atoms with Crippen LogP contribution in [0.15, 0.2) is 41.5 Å². The Morgan fingerprint density at radius 2 is 1.85 bits per heavy atom. The highest BCUT2D eigenvalue weighted by molar-refractivity contribution is 6.08. The standard InChI is InChI=1S/C21H18N4O2/c1-12-16(15-4-2-3-5-17(15)24(12)9-8-22)11-23-25-20(26)18-13-6-7-14(10-13)19(18)21(25)27/h2-7,11,13-14,18-19H,9-10H2,1H3/t13-,14-,18-,19+/m0/s1. The Bertz CT molecular complexity index is 1060. The molecule has 1 aromatic carbocycles. The predicted octanol–water partition coefficient (Wildman–Crippen LogP) is 2.61. The van der Waals surface area contributed by atoms with Crippen molar-refractivity contribution in [2.24, 2.45) is 28.8 Å². The average Bonchev–Trinajstić information content (AvgIpc) is 3.40. The molecule has 134 valence electrons. The Balaban J connectivity index is 1.52. The van der Waals surface area contributed by atoms with Crippen LogP contribution >= 0.6 is 0 Å². The van der Waals surface area contributed by atoms with E-state index in [-0.39, 0.29) is 42.0 Å². The molecule has 2 aliphatic carbocycles. The van der Waals surface area contributed by atoms with E-state index in [1.807, 2.05) is 35.8 Å². The highest BCUT2D eigenvalue weighted by Crippen LogP contribution is 2.52. The van der Waals surface area contributed by atoms with Crippen molar-refractivity contribution in [1.82, 2.24) is 9.58 Å². The first kappa shape index (κ1) is 16.0. The smallest absolute Gasteiger partial charge is 0.254 e. The van der Waals surface area contributed by atoms with Gasteiger partial charge in [0, 0.05) is 22.2 Å². The maximum Gasteiger partial charge on any atom is 0.254 e. The molecule has 1 saturated heterocycles. The number of para-hydroxylation sites is 1. The summed E-state index contributed by atoms with van der Waals surface area (Å²) < 4.78 is 1.92. The van der Waals surface area contributed by atoms with Crippen molar-refractivity contribution >= 4 is 28.9 Å². The van der Waals surface area contributed by atoms with Gasteiger partial charge in [0.2, 0.25) is 0 Å². The lowest BCUT2D eigenvalue weighted by atomic mass is 9.85. The van der Waals surface area contributed by atoms with Crippen molar-refractivity contribution in [2.45, 2.75) is 19.9 Å². The molecule has 6 nitrogen and oxygen atoms in total. The van der Waals surface area contributed by atoms with Gasteiger partial charge in [0.15, 0.2) is 0 Å². The minimum absolute atomic E-state index is 0.177. The van der Waals surface area contributed by atoms with E-state index in [1.165, 1.54) is 0 Å². The lowest BCUT2D eigenvalue weighted by Gasteiger charge is -2.13. The molecule has 2 bridgehead atoms. The second-order valence-electron chi connectivity index (χ2n) is 7.49. The minimum atomic E-state index is -0.245. The number of rotatable bonds is 3. The Morgan fingerprint density at radius 3 is 2.52 bits per heavy atom. The summed E-state index contributed by atoms with van der Waals surface area (Å²) in [6.45, 7) is 2.16. The van der Waals surface area contributed by atoms with Crippen LogP contribution in [0, 0.1) is 41.9 Å². The summed E-state index contributed by atoms with van der Waals surface area (Å²) in [6, 6.07) is 9.95. The normalized spacial score (nSPS) is 28.7. The van der Waals surface area contributed by atoms with Crippen LogP contribution in [0.1, 0.15) is 17.7 Å². The molecule has 0 unspecified atom stereocenters. The van der Waals surface area contributed by atoms with Crippen LogP contribution in [0.4, 0.5) is 0 Å². The molecule has 27 heavy (non-hydrogen) atoms. The van der Waals surface area contributed by atoms with E-state index in [2.05, 4.69) is 23.3 Å². The molecular weight excluding hydrogens is 340 g/mol. The van der Waals surface area contributed by atoms with Gasteiger partial charge < -0.3 is 4.57 Å². The lowest BCUT2D eigenvalue weighted by Crippen LogP contribution is -2.28. The van der Waals surface area contributed by atoms with Crippen LogP contribution in [0.5, 0.6) is 0 Å². The zero-order valence-corrected chi connectivity index (χ0v) is 14.9. The predicted molar refractivity (Wildman–Crippen MR) is 99.5 cm³/mol. The van der Waals surface area contributed by atoms with Crippen LogP contribution in [0.3, 0.4) is 0 Å². The highest BCUT2D eigenvalue weighted by atomic mass is 16.2. The fourth-order valence-corrected chi connectivity index (χ4v) is 5.01. The summed E-state index contributed by atoms with van der Waals surface area (Å²) in [5.41, 5.74) is 2.67. The molecular formula is C21H18N4O2. The Labute approximate surface area is 156 Å². The number of nitriles is 1. The molecule has 4 atom stereocenters. The van der Waals surface area contributed by atoms with E-state index in [4.69, 9.17) is 5.26 Å². The average molecular weight is 358 g/mol. The first-order valence-electron chi connectivity index (χ1n) is 9.16. The number of amides is 2. The molecule has 2 amide bonds. The van der Waals surface area contributed by atoms with E-state index in [0.717, 1.165) is 33.6 Å². The molecule has 1 aliphatic heterocycles. The van der Waals surface area contributed by atoms with E-state index >= 15 is 0 Å². The Morgan fingerprint density at radius 1 is 1.19 bits per heavy atom. The number of carbonyl (C=O) groups excluding carboxylic acids is 2. The third-order valence-corrected chi connectivity index (χ3v) is 6.26. The number of hydrogen-bond donors (Lipinski definition) is 0. The first-order valence-corrected chi connectivity index (χ1v) is 9.16. The number of aromatic nitrogens is 1. The van der Waals surface area contributed by atoms with Crippen LogP contribution in [0.25, 0.3) is 10.9 Å². The minimum Gasteiger partial charge on any atom is -0.330 e. The molecule has 6 heteroatoms. The van der Waals surface area contributed by atoms with Gasteiger partial charge in [-0.25, -0.2) is 0 Å². The molecule has 0 spiro atoms. The molecule has 0 N–H and O–H groups in total. The molecule has 2 aromatic rings. The van der Waals surface area contributed by atoms with Crippen molar-refractivity contribution in [1.29, 1.82) is 5.26 Å². The number of fused-ring (bicyclic) bond motifs is 6. The maximum absolute atomic E-state index is 12.8. The van der Waals surface area contributed by atoms with E-state index < -0.39 is 0 Å². The van der Waals surface area contributed by atoms with Gasteiger partial charge in [0.1, 0.15) is 6.54 Å². The summed E-state index contributed by atoms with van der Waals surface area (Å²) >= 11 is 0. The zero-order chi connectivity index (χ0) is 18.7. The second-order valence-corrected chi connectivity index (χ2v) is 7.49.